The summed E-state index contributed by atoms with van der Waals surface area (Å²) < 4.78 is 33.2. The van der Waals surface area contributed by atoms with E-state index in [4.69, 9.17) is 28.6 Å². The highest BCUT2D eigenvalue weighted by atomic mass is 35.5. The second kappa shape index (κ2) is 11.1. The lowest BCUT2D eigenvalue weighted by atomic mass is 10.2. The lowest BCUT2D eigenvalue weighted by Gasteiger charge is -2.26. The van der Waals surface area contributed by atoms with E-state index in [1.807, 2.05) is 25.7 Å². The molecule has 0 saturated heterocycles. The van der Waals surface area contributed by atoms with Crippen molar-refractivity contribution in [2.75, 3.05) is 26.8 Å². The first-order valence-electron chi connectivity index (χ1n) is 9.74. The Morgan fingerprint density at radius 2 is 2.13 bits per heavy atom. The highest BCUT2D eigenvalue weighted by molar-refractivity contribution is 7.90. The Bertz CT molecular complexity index is 961. The number of methoxy groups -OCH3 is 1. The van der Waals surface area contributed by atoms with Gasteiger partial charge in [-0.3, -0.25) is 0 Å². The van der Waals surface area contributed by atoms with Crippen LogP contribution in [0.1, 0.15) is 38.1 Å². The van der Waals surface area contributed by atoms with Gasteiger partial charge in [0.15, 0.2) is 5.11 Å². The molecule has 0 bridgehead atoms. The van der Waals surface area contributed by atoms with Crippen molar-refractivity contribution >= 4 is 38.8 Å². The van der Waals surface area contributed by atoms with Gasteiger partial charge in [-0.05, 0) is 50.7 Å². The molecule has 1 N–H and O–H groups in total. The van der Waals surface area contributed by atoms with Crippen LogP contribution in [-0.4, -0.2) is 54.8 Å². The molecule has 1 aromatic heterocycles. The minimum atomic E-state index is -3.67. The van der Waals surface area contributed by atoms with E-state index in [9.17, 15) is 8.42 Å². The Morgan fingerprint density at radius 3 is 2.73 bits per heavy atom. The van der Waals surface area contributed by atoms with Gasteiger partial charge < -0.3 is 19.5 Å². The lowest BCUT2D eigenvalue weighted by Crippen LogP contribution is -2.41. The van der Waals surface area contributed by atoms with Gasteiger partial charge in [-0.2, -0.15) is 0 Å². The van der Waals surface area contributed by atoms with Crippen LogP contribution in [0.25, 0.3) is 0 Å². The third-order valence-corrected chi connectivity index (χ3v) is 6.62. The highest BCUT2D eigenvalue weighted by Crippen LogP contribution is 2.23. The molecule has 0 atom stereocenters. The Kier molecular flexibility index (Phi) is 9.09. The normalized spacial score (nSPS) is 11.7. The predicted molar refractivity (Wildman–Crippen MR) is 124 cm³/mol. The van der Waals surface area contributed by atoms with Gasteiger partial charge in [-0.15, -0.1) is 0 Å². The topological polar surface area (TPSA) is 76.5 Å². The summed E-state index contributed by atoms with van der Waals surface area (Å²) >= 11 is 11.5. The maximum Gasteiger partial charge on any atom is 0.228 e. The first-order valence-corrected chi connectivity index (χ1v) is 12.2. The summed E-state index contributed by atoms with van der Waals surface area (Å²) in [4.78, 5) is 6.24. The molecule has 7 nitrogen and oxygen atoms in total. The predicted octanol–water partition coefficient (Wildman–Crippen LogP) is 3.43. The quantitative estimate of drug-likeness (QED) is 0.531. The van der Waals surface area contributed by atoms with E-state index in [0.29, 0.717) is 41.9 Å². The number of halogens is 1. The molecule has 0 fully saturated rings. The fourth-order valence-electron chi connectivity index (χ4n) is 3.10. The smallest absolute Gasteiger partial charge is 0.228 e. The van der Waals surface area contributed by atoms with Gasteiger partial charge in [0.05, 0.1) is 30.8 Å². The van der Waals surface area contributed by atoms with Crippen molar-refractivity contribution in [3.8, 4) is 0 Å². The second-order valence-electron chi connectivity index (χ2n) is 7.13. The number of sulfone groups is 1. The number of thiocarbonyl (C=S) groups is 1. The highest BCUT2D eigenvalue weighted by Gasteiger charge is 2.26. The van der Waals surface area contributed by atoms with Crippen LogP contribution in [0.2, 0.25) is 5.02 Å². The zero-order chi connectivity index (χ0) is 22.3. The van der Waals surface area contributed by atoms with Gasteiger partial charge in [0.1, 0.15) is 0 Å². The molecule has 1 heterocycles. The van der Waals surface area contributed by atoms with Crippen LogP contribution >= 0.6 is 23.8 Å². The van der Waals surface area contributed by atoms with Gasteiger partial charge in [0, 0.05) is 31.3 Å². The summed E-state index contributed by atoms with van der Waals surface area (Å²) in [6.07, 6.45) is 1.61. The lowest BCUT2D eigenvalue weighted by molar-refractivity contribution is 0.173. The minimum absolute atomic E-state index is 0.0496. The number of rotatable bonds is 10. The molecule has 0 unspecified atom stereocenters. The Labute approximate surface area is 189 Å². The fourth-order valence-corrected chi connectivity index (χ4v) is 5.20. The molecule has 0 aliphatic rings. The minimum Gasteiger partial charge on any atom is -0.383 e. The Hall–Kier alpha value is -1.68. The van der Waals surface area contributed by atoms with Crippen LogP contribution < -0.4 is 5.32 Å². The molecule has 0 amide bonds. The molecule has 10 heteroatoms. The summed E-state index contributed by atoms with van der Waals surface area (Å²) in [7, 11) is -2.03. The van der Waals surface area contributed by atoms with Crippen LogP contribution in [0, 0.1) is 0 Å². The Balaban J connectivity index is 2.36. The van der Waals surface area contributed by atoms with E-state index < -0.39 is 9.84 Å². The summed E-state index contributed by atoms with van der Waals surface area (Å²) in [6.45, 7) is 8.05. The maximum atomic E-state index is 13.1. The van der Waals surface area contributed by atoms with Crippen LogP contribution in [0.4, 0.5) is 0 Å². The van der Waals surface area contributed by atoms with Crippen LogP contribution in [0.15, 0.2) is 35.6 Å². The zero-order valence-electron chi connectivity index (χ0n) is 17.8. The molecular formula is C20H29ClN4O3S2. The second-order valence-corrected chi connectivity index (χ2v) is 9.84. The molecule has 0 aliphatic heterocycles. The van der Waals surface area contributed by atoms with Crippen molar-refractivity contribution in [2.45, 2.75) is 44.3 Å². The average Bonchev–Trinajstić information content (AvgIpc) is 3.10. The first-order chi connectivity index (χ1) is 14.2. The van der Waals surface area contributed by atoms with Crippen LogP contribution in [0.5, 0.6) is 0 Å². The molecule has 0 saturated carbocycles. The van der Waals surface area contributed by atoms with E-state index in [1.54, 1.807) is 42.1 Å². The van der Waals surface area contributed by atoms with Crippen molar-refractivity contribution in [3.63, 3.8) is 0 Å². The van der Waals surface area contributed by atoms with Crippen molar-refractivity contribution in [2.24, 2.45) is 0 Å². The number of aromatic nitrogens is 2. The monoisotopic (exact) mass is 472 g/mol. The molecular weight excluding hydrogens is 444 g/mol. The van der Waals surface area contributed by atoms with Crippen molar-refractivity contribution in [1.82, 2.24) is 19.8 Å². The standard InChI is InChI=1S/C20H29ClN4O3S2/c1-5-22-19(29)24(9-10-28-4)13-18-12-23-20(25(18)15(2)3)30(26,27)14-16-7-6-8-17(21)11-16/h6-8,11-12,15H,5,9-10,13-14H2,1-4H3,(H,22,29). The molecule has 30 heavy (non-hydrogen) atoms. The molecule has 2 rings (SSSR count). The van der Waals surface area contributed by atoms with Gasteiger partial charge >= 0.3 is 0 Å². The summed E-state index contributed by atoms with van der Waals surface area (Å²) in [5.74, 6) is -0.167. The maximum absolute atomic E-state index is 13.1. The molecule has 0 aliphatic carbocycles. The number of benzene rings is 1. The van der Waals surface area contributed by atoms with Gasteiger partial charge in [0.2, 0.25) is 15.0 Å². The van der Waals surface area contributed by atoms with E-state index in [2.05, 4.69) is 10.3 Å². The summed E-state index contributed by atoms with van der Waals surface area (Å²) in [5.41, 5.74) is 1.39. The number of nitrogens with one attached hydrogen (secondary N) is 1. The third-order valence-electron chi connectivity index (χ3n) is 4.41. The molecule has 166 valence electrons. The number of nitrogens with zero attached hydrogens (tertiary/aromatic N) is 3. The van der Waals surface area contributed by atoms with E-state index >= 15 is 0 Å². The summed E-state index contributed by atoms with van der Waals surface area (Å²) in [6, 6.07) is 6.76. The van der Waals surface area contributed by atoms with Gasteiger partial charge in [0.25, 0.3) is 0 Å². The number of imidazole rings is 1. The SMILES string of the molecule is CCNC(=S)N(CCOC)Cc1cnc(S(=O)(=O)Cc2cccc(Cl)c2)n1C(C)C. The first kappa shape index (κ1) is 24.6. The number of hydrogen-bond donors (Lipinski definition) is 1. The van der Waals surface area contributed by atoms with Crippen molar-refractivity contribution in [1.29, 1.82) is 0 Å². The zero-order valence-corrected chi connectivity index (χ0v) is 20.1. The third kappa shape index (κ3) is 6.41. The van der Waals surface area contributed by atoms with Crippen LogP contribution in [0.3, 0.4) is 0 Å². The van der Waals surface area contributed by atoms with E-state index in [0.717, 1.165) is 5.69 Å². The largest absolute Gasteiger partial charge is 0.383 e. The summed E-state index contributed by atoms with van der Waals surface area (Å²) in [5, 5.41) is 4.28. The van der Waals surface area contributed by atoms with Crippen LogP contribution in [-0.2, 0) is 26.9 Å². The van der Waals surface area contributed by atoms with Gasteiger partial charge in [-0.25, -0.2) is 13.4 Å². The fraction of sp³-hybridized carbons (Fsp3) is 0.500. The molecule has 2 aromatic rings. The average molecular weight is 473 g/mol. The van der Waals surface area contributed by atoms with Crippen molar-refractivity contribution in [3.05, 3.63) is 46.7 Å². The Morgan fingerprint density at radius 1 is 1.40 bits per heavy atom. The molecule has 0 radical (unpaired) electrons. The van der Waals surface area contributed by atoms with Crippen molar-refractivity contribution < 1.29 is 13.2 Å². The number of ether oxygens (including phenoxy) is 1. The molecule has 0 spiro atoms. The van der Waals surface area contributed by atoms with E-state index in [-0.39, 0.29) is 17.0 Å². The van der Waals surface area contributed by atoms with E-state index in [1.165, 1.54) is 0 Å². The van der Waals surface area contributed by atoms with Gasteiger partial charge in [-0.1, -0.05) is 23.7 Å². The number of hydrogen-bond acceptors (Lipinski definition) is 5. The molecule has 1 aromatic carbocycles.